The molecule has 18 heavy (non-hydrogen) atoms. The lowest BCUT2D eigenvalue weighted by Crippen LogP contribution is -2.01. The average molecular weight is 295 g/mol. The van der Waals surface area contributed by atoms with Gasteiger partial charge in [-0.1, -0.05) is 11.6 Å². The number of imidazole rings is 1. The van der Waals surface area contributed by atoms with E-state index in [9.17, 15) is 0 Å². The van der Waals surface area contributed by atoms with E-state index in [1.165, 1.54) is 36.3 Å². The molecule has 0 aromatic carbocycles. The van der Waals surface area contributed by atoms with Crippen molar-refractivity contribution in [1.82, 2.24) is 9.38 Å². The highest BCUT2D eigenvalue weighted by Crippen LogP contribution is 2.33. The molecule has 0 saturated carbocycles. The van der Waals surface area contributed by atoms with Crippen molar-refractivity contribution in [3.63, 3.8) is 0 Å². The Morgan fingerprint density at radius 2 is 2.17 bits per heavy atom. The smallest absolute Gasteiger partial charge is 0.194 e. The maximum atomic E-state index is 5.98. The van der Waals surface area contributed by atoms with Gasteiger partial charge in [-0.15, -0.1) is 22.7 Å². The molecule has 3 aromatic rings. The number of rotatable bonds is 1. The van der Waals surface area contributed by atoms with Gasteiger partial charge in [-0.3, -0.25) is 4.40 Å². The third kappa shape index (κ3) is 1.63. The van der Waals surface area contributed by atoms with E-state index in [-0.39, 0.29) is 0 Å². The number of hydrogen-bond acceptors (Lipinski definition) is 3. The number of nitrogens with zero attached hydrogens (tertiary/aromatic N) is 2. The number of hydrogen-bond donors (Lipinski definition) is 0. The molecule has 0 N–H and O–H groups in total. The van der Waals surface area contributed by atoms with Gasteiger partial charge in [0.2, 0.25) is 0 Å². The summed E-state index contributed by atoms with van der Waals surface area (Å²) in [6.07, 6.45) is 7.20. The van der Waals surface area contributed by atoms with E-state index in [0.717, 1.165) is 20.6 Å². The van der Waals surface area contributed by atoms with Crippen LogP contribution in [0.15, 0.2) is 17.6 Å². The number of aromatic nitrogens is 2. The van der Waals surface area contributed by atoms with E-state index in [0.29, 0.717) is 0 Å². The van der Waals surface area contributed by atoms with Gasteiger partial charge in [0.25, 0.3) is 0 Å². The third-order valence-electron chi connectivity index (χ3n) is 3.43. The van der Waals surface area contributed by atoms with Crippen molar-refractivity contribution >= 4 is 39.2 Å². The van der Waals surface area contributed by atoms with E-state index in [2.05, 4.69) is 16.0 Å². The van der Waals surface area contributed by atoms with Crippen molar-refractivity contribution in [2.24, 2.45) is 0 Å². The topological polar surface area (TPSA) is 17.3 Å². The van der Waals surface area contributed by atoms with Crippen LogP contribution in [0.3, 0.4) is 0 Å². The van der Waals surface area contributed by atoms with Gasteiger partial charge in [0.15, 0.2) is 4.96 Å². The van der Waals surface area contributed by atoms with Crippen molar-refractivity contribution in [2.45, 2.75) is 25.7 Å². The Morgan fingerprint density at radius 3 is 3.00 bits per heavy atom. The second-order valence-electron chi connectivity index (χ2n) is 4.60. The zero-order valence-corrected chi connectivity index (χ0v) is 12.0. The molecule has 2 nitrogen and oxygen atoms in total. The molecule has 4 rings (SSSR count). The highest BCUT2D eigenvalue weighted by atomic mass is 35.5. The molecular weight excluding hydrogens is 284 g/mol. The van der Waals surface area contributed by atoms with Gasteiger partial charge < -0.3 is 0 Å². The summed E-state index contributed by atoms with van der Waals surface area (Å²) >= 11 is 9.39. The van der Waals surface area contributed by atoms with E-state index >= 15 is 0 Å². The minimum Gasteiger partial charge on any atom is -0.294 e. The maximum absolute atomic E-state index is 5.98. The highest BCUT2D eigenvalue weighted by molar-refractivity contribution is 7.17. The largest absolute Gasteiger partial charge is 0.294 e. The first-order valence-corrected chi connectivity index (χ1v) is 8.13. The molecule has 0 unspecified atom stereocenters. The standard InChI is InChI=1S/C13H11ClN2S2/c14-12-5-8(7-17-12)9-6-16-10-3-1-2-4-11(10)18-13(16)15-9/h5-7H,1-4H2. The van der Waals surface area contributed by atoms with Crippen molar-refractivity contribution < 1.29 is 0 Å². The molecule has 0 atom stereocenters. The van der Waals surface area contributed by atoms with Crippen LogP contribution in [0.1, 0.15) is 23.4 Å². The predicted molar refractivity (Wildman–Crippen MR) is 78.0 cm³/mol. The number of aryl methyl sites for hydroxylation is 2. The Balaban J connectivity index is 1.87. The molecule has 0 fully saturated rings. The summed E-state index contributed by atoms with van der Waals surface area (Å²) in [5.41, 5.74) is 3.64. The van der Waals surface area contributed by atoms with Gasteiger partial charge in [0, 0.05) is 27.7 Å². The van der Waals surface area contributed by atoms with Gasteiger partial charge in [-0.05, 0) is 31.7 Å². The molecule has 3 aromatic heterocycles. The lowest BCUT2D eigenvalue weighted by molar-refractivity contribution is 0.674. The minimum atomic E-state index is 0.823. The van der Waals surface area contributed by atoms with Crippen LogP contribution in [0, 0.1) is 0 Å². The Kier molecular flexibility index (Phi) is 2.50. The molecule has 0 bridgehead atoms. The van der Waals surface area contributed by atoms with Crippen LogP contribution in [0.25, 0.3) is 16.2 Å². The first-order valence-electron chi connectivity index (χ1n) is 6.05. The van der Waals surface area contributed by atoms with Crippen LogP contribution in [0.2, 0.25) is 4.34 Å². The lowest BCUT2D eigenvalue weighted by Gasteiger charge is -2.09. The average Bonchev–Trinajstić information content (AvgIpc) is 3.01. The Bertz CT molecular complexity index is 723. The molecule has 1 aliphatic rings. The Labute approximate surface area is 118 Å². The fourth-order valence-electron chi connectivity index (χ4n) is 2.55. The highest BCUT2D eigenvalue weighted by Gasteiger charge is 2.18. The summed E-state index contributed by atoms with van der Waals surface area (Å²) in [4.78, 5) is 7.38. The lowest BCUT2D eigenvalue weighted by atomic mass is 10.0. The molecule has 0 saturated heterocycles. The Hall–Kier alpha value is -0.840. The monoisotopic (exact) mass is 294 g/mol. The fourth-order valence-corrected chi connectivity index (χ4v) is 4.61. The van der Waals surface area contributed by atoms with E-state index in [1.54, 1.807) is 11.3 Å². The van der Waals surface area contributed by atoms with Crippen molar-refractivity contribution in [1.29, 1.82) is 0 Å². The normalized spacial score (nSPS) is 15.2. The van der Waals surface area contributed by atoms with Crippen LogP contribution in [0.5, 0.6) is 0 Å². The maximum Gasteiger partial charge on any atom is 0.194 e. The van der Waals surface area contributed by atoms with Crippen LogP contribution in [-0.4, -0.2) is 9.38 Å². The summed E-state index contributed by atoms with van der Waals surface area (Å²) < 4.78 is 3.10. The first-order chi connectivity index (χ1) is 8.81. The van der Waals surface area contributed by atoms with Crippen molar-refractivity contribution in [3.8, 4) is 11.3 Å². The third-order valence-corrected chi connectivity index (χ3v) is 5.68. The quantitative estimate of drug-likeness (QED) is 0.638. The van der Waals surface area contributed by atoms with Gasteiger partial charge in [-0.25, -0.2) is 4.98 Å². The van der Waals surface area contributed by atoms with Crippen LogP contribution in [0.4, 0.5) is 0 Å². The predicted octanol–water partition coefficient (Wildman–Crippen LogP) is 4.66. The van der Waals surface area contributed by atoms with E-state index in [1.807, 2.05) is 17.4 Å². The first kappa shape index (κ1) is 11.0. The molecule has 3 heterocycles. The van der Waals surface area contributed by atoms with Gasteiger partial charge in [0.05, 0.1) is 10.0 Å². The second-order valence-corrected chi connectivity index (χ2v) is 7.20. The molecule has 0 spiro atoms. The zero-order valence-electron chi connectivity index (χ0n) is 9.65. The molecule has 0 aliphatic heterocycles. The molecular formula is C13H11ClN2S2. The number of thiazole rings is 1. The number of fused-ring (bicyclic) bond motifs is 3. The van der Waals surface area contributed by atoms with E-state index < -0.39 is 0 Å². The van der Waals surface area contributed by atoms with Gasteiger partial charge in [0.1, 0.15) is 0 Å². The van der Waals surface area contributed by atoms with Gasteiger partial charge >= 0.3 is 0 Å². The van der Waals surface area contributed by atoms with Crippen LogP contribution >= 0.6 is 34.3 Å². The summed E-state index contributed by atoms with van der Waals surface area (Å²) in [5.74, 6) is 0. The van der Waals surface area contributed by atoms with Crippen molar-refractivity contribution in [2.75, 3.05) is 0 Å². The van der Waals surface area contributed by atoms with Crippen molar-refractivity contribution in [3.05, 3.63) is 32.6 Å². The minimum absolute atomic E-state index is 0.823. The molecule has 0 amide bonds. The molecule has 1 aliphatic carbocycles. The second kappa shape index (κ2) is 4.08. The fraction of sp³-hybridized carbons (Fsp3) is 0.308. The molecule has 0 radical (unpaired) electrons. The van der Waals surface area contributed by atoms with Crippen LogP contribution < -0.4 is 0 Å². The molecule has 92 valence electrons. The summed E-state index contributed by atoms with van der Waals surface area (Å²) in [7, 11) is 0. The summed E-state index contributed by atoms with van der Waals surface area (Å²) in [6, 6.07) is 1.99. The SMILES string of the molecule is Clc1cc(-c2cn3c4c(sc3n2)CCCC4)cs1. The summed E-state index contributed by atoms with van der Waals surface area (Å²) in [5, 5.41) is 2.07. The number of thiophene rings is 1. The number of halogens is 1. The van der Waals surface area contributed by atoms with Gasteiger partial charge in [-0.2, -0.15) is 0 Å². The summed E-state index contributed by atoms with van der Waals surface area (Å²) in [6.45, 7) is 0. The van der Waals surface area contributed by atoms with E-state index in [4.69, 9.17) is 16.6 Å². The molecule has 5 heteroatoms. The Morgan fingerprint density at radius 1 is 1.28 bits per heavy atom. The zero-order chi connectivity index (χ0) is 12.1. The van der Waals surface area contributed by atoms with Crippen LogP contribution in [-0.2, 0) is 12.8 Å².